The fraction of sp³-hybridized carbons (Fsp3) is 0.300. The van der Waals surface area contributed by atoms with Crippen LogP contribution >= 0.6 is 11.6 Å². The number of methoxy groups -OCH3 is 1. The number of nitrogens with zero attached hydrogens (tertiary/aromatic N) is 4. The Morgan fingerprint density at radius 3 is 2.30 bits per heavy atom. The average Bonchev–Trinajstić information content (AvgIpc) is 3.31. The van der Waals surface area contributed by atoms with Gasteiger partial charge in [-0.1, -0.05) is 41.9 Å². The highest BCUT2D eigenvalue weighted by atomic mass is 35.5. The minimum atomic E-state index is -4.39. The van der Waals surface area contributed by atoms with E-state index in [1.54, 1.807) is 30.3 Å². The number of imidazole rings is 1. The summed E-state index contributed by atoms with van der Waals surface area (Å²) in [5, 5.41) is 12.3. The summed E-state index contributed by atoms with van der Waals surface area (Å²) in [6.07, 6.45) is -0.340. The molecule has 0 saturated carbocycles. The van der Waals surface area contributed by atoms with Crippen molar-refractivity contribution in [2.75, 3.05) is 46.4 Å². The SMILES string of the molecule is COc1ccc(S(=O)(=O)n2c(=O)n(C(C(=O)NCCCN3CCN(C(=O)O)CC3)c3ccccc3)c3cc(Cl)ccc32)cc1. The van der Waals surface area contributed by atoms with Crippen molar-refractivity contribution in [1.29, 1.82) is 0 Å². The predicted octanol–water partition coefficient (Wildman–Crippen LogP) is 3.09. The highest BCUT2D eigenvalue weighted by Gasteiger charge is 2.32. The average molecular weight is 642 g/mol. The van der Waals surface area contributed by atoms with Crippen LogP contribution in [0.1, 0.15) is 18.0 Å². The van der Waals surface area contributed by atoms with Crippen LogP contribution in [-0.4, -0.2) is 90.2 Å². The van der Waals surface area contributed by atoms with Crippen molar-refractivity contribution >= 4 is 44.7 Å². The fourth-order valence-electron chi connectivity index (χ4n) is 5.33. The van der Waals surface area contributed by atoms with Crippen LogP contribution in [-0.2, 0) is 14.8 Å². The highest BCUT2D eigenvalue weighted by Crippen LogP contribution is 2.28. The minimum Gasteiger partial charge on any atom is -0.497 e. The topological polar surface area (TPSA) is 143 Å². The first-order chi connectivity index (χ1) is 21.1. The van der Waals surface area contributed by atoms with Crippen LogP contribution in [0.2, 0.25) is 5.02 Å². The number of nitrogens with one attached hydrogen (secondary N) is 1. The van der Waals surface area contributed by atoms with Gasteiger partial charge in [0.05, 0.1) is 23.0 Å². The Kier molecular flexibility index (Phi) is 9.28. The molecule has 1 atom stereocenters. The number of benzene rings is 3. The molecule has 0 spiro atoms. The lowest BCUT2D eigenvalue weighted by molar-refractivity contribution is -0.123. The van der Waals surface area contributed by atoms with Crippen molar-refractivity contribution < 1.29 is 27.9 Å². The van der Waals surface area contributed by atoms with Gasteiger partial charge in [0.15, 0.2) is 0 Å². The summed E-state index contributed by atoms with van der Waals surface area (Å²) in [5.41, 5.74) is -0.180. The van der Waals surface area contributed by atoms with E-state index < -0.39 is 33.8 Å². The van der Waals surface area contributed by atoms with E-state index in [1.807, 2.05) is 0 Å². The Balaban J connectivity index is 1.47. The van der Waals surface area contributed by atoms with Crippen LogP contribution in [0.4, 0.5) is 4.79 Å². The van der Waals surface area contributed by atoms with Crippen LogP contribution in [0.5, 0.6) is 5.75 Å². The standard InChI is InChI=1S/C30H32ClN5O7S/c1-43-23-9-11-24(12-10-23)44(41,42)36-25-13-8-22(31)20-26(25)35(29(36)38)27(21-6-3-2-4-7-21)28(37)32-14-5-15-33-16-18-34(19-17-33)30(39)40/h2-4,6-13,20,27H,5,14-19H2,1H3,(H,32,37)(H,39,40). The maximum absolute atomic E-state index is 14.1. The predicted molar refractivity (Wildman–Crippen MR) is 165 cm³/mol. The maximum atomic E-state index is 14.1. The number of halogens is 1. The zero-order valence-electron chi connectivity index (χ0n) is 23.9. The lowest BCUT2D eigenvalue weighted by Gasteiger charge is -2.33. The maximum Gasteiger partial charge on any atom is 0.407 e. The fourth-order valence-corrected chi connectivity index (χ4v) is 6.89. The van der Waals surface area contributed by atoms with E-state index in [1.165, 1.54) is 54.5 Å². The number of rotatable bonds is 10. The first kappa shape index (κ1) is 31.1. The molecule has 4 aromatic rings. The number of piperazine rings is 1. The Bertz CT molecular complexity index is 1820. The van der Waals surface area contributed by atoms with Crippen molar-refractivity contribution in [2.24, 2.45) is 0 Å². The molecule has 3 aromatic carbocycles. The molecule has 14 heteroatoms. The molecule has 44 heavy (non-hydrogen) atoms. The van der Waals surface area contributed by atoms with Crippen LogP contribution in [0.3, 0.4) is 0 Å². The van der Waals surface area contributed by atoms with E-state index in [9.17, 15) is 22.8 Å². The monoisotopic (exact) mass is 641 g/mol. The molecule has 1 unspecified atom stereocenters. The third-order valence-electron chi connectivity index (χ3n) is 7.61. The van der Waals surface area contributed by atoms with E-state index in [4.69, 9.17) is 21.4 Å². The molecule has 2 amide bonds. The quantitative estimate of drug-likeness (QED) is 0.252. The number of hydrogen-bond donors (Lipinski definition) is 2. The van der Waals surface area contributed by atoms with Gasteiger partial charge < -0.3 is 20.1 Å². The summed E-state index contributed by atoms with van der Waals surface area (Å²) in [6.45, 7) is 2.99. The van der Waals surface area contributed by atoms with Gasteiger partial charge in [0.2, 0.25) is 5.91 Å². The third kappa shape index (κ3) is 6.30. The molecule has 2 heterocycles. The van der Waals surface area contributed by atoms with Gasteiger partial charge in [0.25, 0.3) is 10.0 Å². The van der Waals surface area contributed by atoms with Gasteiger partial charge in [-0.15, -0.1) is 0 Å². The molecule has 232 valence electrons. The number of carboxylic acid groups (broad SMARTS) is 1. The molecule has 5 rings (SSSR count). The van der Waals surface area contributed by atoms with E-state index >= 15 is 0 Å². The lowest BCUT2D eigenvalue weighted by atomic mass is 10.1. The van der Waals surface area contributed by atoms with Gasteiger partial charge in [-0.05, 0) is 61.0 Å². The summed E-state index contributed by atoms with van der Waals surface area (Å²) in [6, 6.07) is 17.5. The molecular formula is C30H32ClN5O7S. The van der Waals surface area contributed by atoms with Gasteiger partial charge in [0, 0.05) is 37.7 Å². The molecule has 12 nitrogen and oxygen atoms in total. The first-order valence-corrected chi connectivity index (χ1v) is 15.8. The number of carbonyl (C=O) groups excluding carboxylic acids is 1. The Morgan fingerprint density at radius 2 is 1.66 bits per heavy atom. The molecular weight excluding hydrogens is 610 g/mol. The molecule has 1 fully saturated rings. The smallest absolute Gasteiger partial charge is 0.407 e. The van der Waals surface area contributed by atoms with Crippen molar-refractivity contribution in [3.63, 3.8) is 0 Å². The van der Waals surface area contributed by atoms with E-state index in [0.29, 0.717) is 61.0 Å². The molecule has 0 aliphatic carbocycles. The van der Waals surface area contributed by atoms with Crippen molar-refractivity contribution in [1.82, 2.24) is 23.7 Å². The molecule has 1 aliphatic rings. The summed E-state index contributed by atoms with van der Waals surface area (Å²) in [7, 11) is -2.93. The first-order valence-electron chi connectivity index (χ1n) is 14.0. The number of aromatic nitrogens is 2. The Labute approximate surface area is 259 Å². The summed E-state index contributed by atoms with van der Waals surface area (Å²) >= 11 is 6.32. The lowest BCUT2D eigenvalue weighted by Crippen LogP contribution is -2.48. The van der Waals surface area contributed by atoms with Crippen molar-refractivity contribution in [3.8, 4) is 5.75 Å². The van der Waals surface area contributed by atoms with Gasteiger partial charge in [-0.25, -0.2) is 18.0 Å². The molecule has 1 aliphatic heterocycles. The van der Waals surface area contributed by atoms with Gasteiger partial charge >= 0.3 is 11.8 Å². The van der Waals surface area contributed by atoms with E-state index in [0.717, 1.165) is 4.57 Å². The molecule has 2 N–H and O–H groups in total. The normalized spacial score (nSPS) is 14.8. The van der Waals surface area contributed by atoms with Crippen LogP contribution in [0.25, 0.3) is 11.0 Å². The second-order valence-corrected chi connectivity index (χ2v) is 12.5. The number of carbonyl (C=O) groups is 2. The molecule has 1 saturated heterocycles. The van der Waals surface area contributed by atoms with Crippen LogP contribution in [0, 0.1) is 0 Å². The Morgan fingerprint density at radius 1 is 0.977 bits per heavy atom. The molecule has 0 bridgehead atoms. The van der Waals surface area contributed by atoms with Crippen LogP contribution < -0.4 is 15.7 Å². The summed E-state index contributed by atoms with van der Waals surface area (Å²) < 4.78 is 34.7. The van der Waals surface area contributed by atoms with Gasteiger partial charge in [0.1, 0.15) is 11.8 Å². The largest absolute Gasteiger partial charge is 0.497 e. The van der Waals surface area contributed by atoms with Crippen molar-refractivity contribution in [2.45, 2.75) is 17.4 Å². The highest BCUT2D eigenvalue weighted by molar-refractivity contribution is 7.90. The molecule has 0 radical (unpaired) electrons. The van der Waals surface area contributed by atoms with Crippen LogP contribution in [0.15, 0.2) is 82.5 Å². The van der Waals surface area contributed by atoms with Crippen molar-refractivity contribution in [3.05, 3.63) is 93.9 Å². The van der Waals surface area contributed by atoms with Gasteiger partial charge in [-0.3, -0.25) is 14.3 Å². The number of fused-ring (bicyclic) bond motifs is 1. The minimum absolute atomic E-state index is 0.0736. The second-order valence-electron chi connectivity index (χ2n) is 10.3. The zero-order chi connectivity index (χ0) is 31.4. The summed E-state index contributed by atoms with van der Waals surface area (Å²) in [5.74, 6) is -0.0382. The molecule has 1 aromatic heterocycles. The van der Waals surface area contributed by atoms with E-state index in [-0.39, 0.29) is 21.0 Å². The number of ether oxygens (including phenoxy) is 1. The van der Waals surface area contributed by atoms with E-state index in [2.05, 4.69) is 10.2 Å². The Hall–Kier alpha value is -4.33. The number of amides is 2. The third-order valence-corrected chi connectivity index (χ3v) is 9.54. The van der Waals surface area contributed by atoms with Gasteiger partial charge in [-0.2, -0.15) is 3.97 Å². The second kappa shape index (κ2) is 13.1. The zero-order valence-corrected chi connectivity index (χ0v) is 25.5. The number of hydrogen-bond acceptors (Lipinski definition) is 7. The summed E-state index contributed by atoms with van der Waals surface area (Å²) in [4.78, 5) is 42.5.